The summed E-state index contributed by atoms with van der Waals surface area (Å²) >= 11 is 0. The van der Waals surface area contributed by atoms with Crippen molar-refractivity contribution in [1.82, 2.24) is 10.2 Å². The van der Waals surface area contributed by atoms with Crippen molar-refractivity contribution < 1.29 is 4.74 Å². The lowest BCUT2D eigenvalue weighted by atomic mass is 9.69. The van der Waals surface area contributed by atoms with Gasteiger partial charge in [0.05, 0.1) is 18.6 Å². The van der Waals surface area contributed by atoms with Crippen LogP contribution in [0.15, 0.2) is 24.3 Å². The summed E-state index contributed by atoms with van der Waals surface area (Å²) < 4.78 is 5.33. The van der Waals surface area contributed by atoms with Gasteiger partial charge in [-0.25, -0.2) is 0 Å². The van der Waals surface area contributed by atoms with E-state index in [1.807, 2.05) is 18.2 Å². The van der Waals surface area contributed by atoms with Gasteiger partial charge in [-0.05, 0) is 43.4 Å². The molecule has 2 fully saturated rings. The summed E-state index contributed by atoms with van der Waals surface area (Å²) in [5.74, 6) is 0.844. The van der Waals surface area contributed by atoms with Crippen LogP contribution in [0.5, 0.6) is 5.75 Å². The van der Waals surface area contributed by atoms with Crippen LogP contribution in [-0.2, 0) is 5.41 Å². The second-order valence-corrected chi connectivity index (χ2v) is 6.44. The van der Waals surface area contributed by atoms with Crippen LogP contribution in [0.2, 0.25) is 0 Å². The summed E-state index contributed by atoms with van der Waals surface area (Å²) in [6.45, 7) is 4.47. The van der Waals surface area contributed by atoms with E-state index in [2.05, 4.69) is 22.4 Å². The second kappa shape index (κ2) is 6.68. The molecule has 0 radical (unpaired) electrons. The third-order valence-corrected chi connectivity index (χ3v) is 5.31. The van der Waals surface area contributed by atoms with Crippen molar-refractivity contribution in [1.29, 1.82) is 5.26 Å². The number of hydrogen-bond acceptors (Lipinski definition) is 4. The summed E-state index contributed by atoms with van der Waals surface area (Å²) in [5.41, 5.74) is 0.784. The van der Waals surface area contributed by atoms with Gasteiger partial charge in [-0.3, -0.25) is 4.90 Å². The summed E-state index contributed by atoms with van der Waals surface area (Å²) in [6, 6.07) is 11.3. The minimum absolute atomic E-state index is 0.334. The number of methoxy groups -OCH3 is 1. The Morgan fingerprint density at radius 2 is 2.00 bits per heavy atom. The molecule has 1 N–H and O–H groups in total. The fourth-order valence-corrected chi connectivity index (χ4v) is 3.89. The van der Waals surface area contributed by atoms with Crippen molar-refractivity contribution >= 4 is 0 Å². The number of ether oxygens (including phenoxy) is 1. The molecule has 1 aliphatic heterocycles. The normalized spacial score (nSPS) is 29.7. The van der Waals surface area contributed by atoms with Gasteiger partial charge in [0.15, 0.2) is 0 Å². The molecule has 1 saturated carbocycles. The fraction of sp³-hybridized carbons (Fsp3) is 0.611. The average molecular weight is 299 g/mol. The Hall–Kier alpha value is -1.57. The van der Waals surface area contributed by atoms with Crippen molar-refractivity contribution in [3.8, 4) is 11.8 Å². The monoisotopic (exact) mass is 299 g/mol. The van der Waals surface area contributed by atoms with E-state index in [0.29, 0.717) is 6.04 Å². The van der Waals surface area contributed by atoms with Gasteiger partial charge in [-0.2, -0.15) is 5.26 Å². The molecular weight excluding hydrogens is 274 g/mol. The molecule has 4 nitrogen and oxygen atoms in total. The average Bonchev–Trinajstić information content (AvgIpc) is 2.62. The van der Waals surface area contributed by atoms with Crippen LogP contribution in [0.4, 0.5) is 0 Å². The third-order valence-electron chi connectivity index (χ3n) is 5.31. The quantitative estimate of drug-likeness (QED) is 0.930. The number of nitriles is 1. The maximum Gasteiger partial charge on any atom is 0.119 e. The molecule has 22 heavy (non-hydrogen) atoms. The first-order chi connectivity index (χ1) is 10.8. The number of rotatable bonds is 3. The highest BCUT2D eigenvalue weighted by Crippen LogP contribution is 2.41. The van der Waals surface area contributed by atoms with Gasteiger partial charge >= 0.3 is 0 Å². The first-order valence-corrected chi connectivity index (χ1v) is 8.28. The first-order valence-electron chi connectivity index (χ1n) is 8.28. The van der Waals surface area contributed by atoms with Crippen LogP contribution in [0, 0.1) is 11.3 Å². The molecule has 0 aromatic heterocycles. The first kappa shape index (κ1) is 15.3. The highest BCUT2D eigenvalue weighted by atomic mass is 16.5. The minimum atomic E-state index is -0.334. The molecule has 0 unspecified atom stereocenters. The van der Waals surface area contributed by atoms with Crippen LogP contribution in [0.25, 0.3) is 0 Å². The maximum absolute atomic E-state index is 9.84. The Labute approximate surface area is 133 Å². The van der Waals surface area contributed by atoms with Crippen LogP contribution < -0.4 is 10.1 Å². The van der Waals surface area contributed by atoms with E-state index in [1.165, 1.54) is 0 Å². The van der Waals surface area contributed by atoms with Crippen LogP contribution in [0.3, 0.4) is 0 Å². The van der Waals surface area contributed by atoms with E-state index in [9.17, 15) is 5.26 Å². The van der Waals surface area contributed by atoms with Gasteiger partial charge in [0.1, 0.15) is 5.75 Å². The smallest absolute Gasteiger partial charge is 0.119 e. The van der Waals surface area contributed by atoms with E-state index in [1.54, 1.807) is 7.11 Å². The predicted molar refractivity (Wildman–Crippen MR) is 87.0 cm³/mol. The molecule has 3 rings (SSSR count). The van der Waals surface area contributed by atoms with Gasteiger partial charge in [-0.15, -0.1) is 0 Å². The number of nitrogens with one attached hydrogen (secondary N) is 1. The van der Waals surface area contributed by atoms with Gasteiger partial charge in [-0.1, -0.05) is 12.1 Å². The lowest BCUT2D eigenvalue weighted by molar-refractivity contribution is 0.122. The van der Waals surface area contributed by atoms with Crippen molar-refractivity contribution in [3.63, 3.8) is 0 Å². The second-order valence-electron chi connectivity index (χ2n) is 6.44. The largest absolute Gasteiger partial charge is 0.497 e. The van der Waals surface area contributed by atoms with Crippen molar-refractivity contribution in [2.75, 3.05) is 33.3 Å². The highest BCUT2D eigenvalue weighted by Gasteiger charge is 2.39. The van der Waals surface area contributed by atoms with Gasteiger partial charge < -0.3 is 10.1 Å². The summed E-state index contributed by atoms with van der Waals surface area (Å²) in [7, 11) is 1.68. The standard InChI is InChI=1S/C18H25N3O/c1-22-17-4-2-3-15(13-17)18(14-19)7-5-16(6-8-18)21-11-9-20-10-12-21/h2-4,13,16,20H,5-12H2,1H3. The molecule has 1 saturated heterocycles. The Morgan fingerprint density at radius 1 is 1.27 bits per heavy atom. The molecule has 0 amide bonds. The summed E-state index contributed by atoms with van der Waals surface area (Å²) in [5, 5.41) is 13.3. The maximum atomic E-state index is 9.84. The van der Waals surface area contributed by atoms with Crippen LogP contribution >= 0.6 is 0 Å². The van der Waals surface area contributed by atoms with Crippen molar-refractivity contribution in [3.05, 3.63) is 29.8 Å². The summed E-state index contributed by atoms with van der Waals surface area (Å²) in [6.07, 6.45) is 4.13. The zero-order chi connectivity index (χ0) is 15.4. The molecule has 1 aliphatic carbocycles. The van der Waals surface area contributed by atoms with Crippen molar-refractivity contribution in [2.45, 2.75) is 37.1 Å². The lowest BCUT2D eigenvalue weighted by Crippen LogP contribution is -2.50. The number of hydrogen-bond donors (Lipinski definition) is 1. The fourth-order valence-electron chi connectivity index (χ4n) is 3.89. The molecule has 0 bridgehead atoms. The topological polar surface area (TPSA) is 48.3 Å². The molecule has 0 spiro atoms. The summed E-state index contributed by atoms with van der Waals surface area (Å²) in [4.78, 5) is 2.60. The van der Waals surface area contributed by atoms with E-state index < -0.39 is 0 Å². The molecule has 118 valence electrons. The molecule has 0 atom stereocenters. The lowest BCUT2D eigenvalue weighted by Gasteiger charge is -2.42. The molecule has 1 aromatic rings. The Balaban J connectivity index is 1.72. The molecule has 1 aromatic carbocycles. The third kappa shape index (κ3) is 2.97. The van der Waals surface area contributed by atoms with Crippen LogP contribution in [-0.4, -0.2) is 44.2 Å². The van der Waals surface area contributed by atoms with Gasteiger partial charge in [0.2, 0.25) is 0 Å². The predicted octanol–water partition coefficient (Wildman–Crippen LogP) is 2.30. The van der Waals surface area contributed by atoms with E-state index in [4.69, 9.17) is 4.74 Å². The highest BCUT2D eigenvalue weighted by molar-refractivity contribution is 5.38. The Bertz CT molecular complexity index is 538. The van der Waals surface area contributed by atoms with Crippen molar-refractivity contribution in [2.24, 2.45) is 0 Å². The Morgan fingerprint density at radius 3 is 2.64 bits per heavy atom. The molecule has 2 aliphatic rings. The van der Waals surface area contributed by atoms with Gasteiger partial charge in [0.25, 0.3) is 0 Å². The number of benzene rings is 1. The SMILES string of the molecule is COc1cccc(C2(C#N)CCC(N3CCNCC3)CC2)c1. The molecular formula is C18H25N3O. The zero-order valence-corrected chi connectivity index (χ0v) is 13.3. The van der Waals surface area contributed by atoms with E-state index in [-0.39, 0.29) is 5.41 Å². The zero-order valence-electron chi connectivity index (χ0n) is 13.3. The minimum Gasteiger partial charge on any atom is -0.497 e. The van der Waals surface area contributed by atoms with Crippen LogP contribution in [0.1, 0.15) is 31.2 Å². The Kier molecular flexibility index (Phi) is 4.66. The van der Waals surface area contributed by atoms with E-state index >= 15 is 0 Å². The van der Waals surface area contributed by atoms with E-state index in [0.717, 1.165) is 63.2 Å². The molecule has 1 heterocycles. The number of nitrogens with zero attached hydrogens (tertiary/aromatic N) is 2. The van der Waals surface area contributed by atoms with Gasteiger partial charge in [0, 0.05) is 32.2 Å². The molecule has 4 heteroatoms. The number of piperazine rings is 1.